The summed E-state index contributed by atoms with van der Waals surface area (Å²) in [5.74, 6) is 0.458. The zero-order valence-corrected chi connectivity index (χ0v) is 14.9. The Labute approximate surface area is 145 Å². The molecule has 24 heavy (non-hydrogen) atoms. The van der Waals surface area contributed by atoms with E-state index >= 15 is 0 Å². The third-order valence-corrected chi connectivity index (χ3v) is 4.51. The predicted octanol–water partition coefficient (Wildman–Crippen LogP) is 3.87. The number of rotatable bonds is 6. The topological polar surface area (TPSA) is 74.8 Å². The summed E-state index contributed by atoms with van der Waals surface area (Å²) in [5, 5.41) is 3.62. The number of anilines is 1. The molecule has 0 saturated carbocycles. The van der Waals surface area contributed by atoms with E-state index in [1.54, 1.807) is 4.90 Å². The van der Waals surface area contributed by atoms with Crippen molar-refractivity contribution >= 4 is 33.4 Å². The molecular weight excluding hydrogens is 322 g/mol. The van der Waals surface area contributed by atoms with Crippen LogP contribution in [0.1, 0.15) is 33.6 Å². The molecule has 0 fully saturated rings. The first-order valence-electron chi connectivity index (χ1n) is 8.14. The maximum absolute atomic E-state index is 12.5. The van der Waals surface area contributed by atoms with E-state index in [-0.39, 0.29) is 5.91 Å². The highest BCUT2D eigenvalue weighted by atomic mass is 32.1. The van der Waals surface area contributed by atoms with Gasteiger partial charge in [-0.1, -0.05) is 20.8 Å². The van der Waals surface area contributed by atoms with Crippen LogP contribution in [0.3, 0.4) is 0 Å². The molecule has 0 bridgehead atoms. The molecular formula is C17H21N5OS. The second-order valence-corrected chi connectivity index (χ2v) is 6.96. The van der Waals surface area contributed by atoms with Crippen molar-refractivity contribution in [3.8, 4) is 11.4 Å². The Morgan fingerprint density at radius 1 is 1.38 bits per heavy atom. The first-order valence-corrected chi connectivity index (χ1v) is 9.02. The summed E-state index contributed by atoms with van der Waals surface area (Å²) in [6, 6.07) is 1.94. The number of hydrogen-bond acceptors (Lipinski definition) is 5. The van der Waals surface area contributed by atoms with E-state index in [0.717, 1.165) is 34.0 Å². The highest BCUT2D eigenvalue weighted by Crippen LogP contribution is 2.30. The van der Waals surface area contributed by atoms with Crippen molar-refractivity contribution in [1.82, 2.24) is 19.9 Å². The molecule has 1 amide bonds. The smallest absolute Gasteiger partial charge is 0.229 e. The Bertz CT molecular complexity index is 838. The fourth-order valence-electron chi connectivity index (χ4n) is 2.58. The van der Waals surface area contributed by atoms with Crippen molar-refractivity contribution in [2.24, 2.45) is 5.92 Å². The molecule has 3 aromatic rings. The molecule has 0 aliphatic rings. The molecule has 0 spiro atoms. The normalized spacial score (nSPS) is 11.3. The lowest BCUT2D eigenvalue weighted by molar-refractivity contribution is -0.119. The van der Waals surface area contributed by atoms with Crippen molar-refractivity contribution < 1.29 is 4.79 Å². The van der Waals surface area contributed by atoms with E-state index in [2.05, 4.69) is 40.7 Å². The van der Waals surface area contributed by atoms with Crippen LogP contribution in [-0.2, 0) is 4.79 Å². The minimum Gasteiger partial charge on any atom is -0.346 e. The van der Waals surface area contributed by atoms with Crippen LogP contribution in [-0.4, -0.2) is 32.4 Å². The summed E-state index contributed by atoms with van der Waals surface area (Å²) in [7, 11) is 0. The first kappa shape index (κ1) is 16.6. The van der Waals surface area contributed by atoms with Gasteiger partial charge in [0.2, 0.25) is 5.91 Å². The van der Waals surface area contributed by atoms with Gasteiger partial charge < -0.3 is 4.98 Å². The van der Waals surface area contributed by atoms with Crippen LogP contribution in [0.4, 0.5) is 5.13 Å². The van der Waals surface area contributed by atoms with E-state index in [0.29, 0.717) is 18.9 Å². The van der Waals surface area contributed by atoms with Crippen LogP contribution < -0.4 is 4.90 Å². The van der Waals surface area contributed by atoms with Gasteiger partial charge in [-0.2, -0.15) is 0 Å². The average molecular weight is 343 g/mol. The van der Waals surface area contributed by atoms with Gasteiger partial charge in [0.1, 0.15) is 23.4 Å². The predicted molar refractivity (Wildman–Crippen MR) is 97.1 cm³/mol. The summed E-state index contributed by atoms with van der Waals surface area (Å²) < 4.78 is 0. The Morgan fingerprint density at radius 2 is 2.21 bits per heavy atom. The minimum atomic E-state index is 0.127. The molecule has 3 heterocycles. The van der Waals surface area contributed by atoms with E-state index < -0.39 is 0 Å². The minimum absolute atomic E-state index is 0.127. The fraction of sp³-hybridized carbons (Fsp3) is 0.412. The number of amides is 1. The van der Waals surface area contributed by atoms with Gasteiger partial charge in [-0.25, -0.2) is 15.0 Å². The number of carbonyl (C=O) groups excluding carboxylic acids is 1. The van der Waals surface area contributed by atoms with Crippen LogP contribution in [0.2, 0.25) is 0 Å². The van der Waals surface area contributed by atoms with Crippen LogP contribution in [0, 0.1) is 5.92 Å². The number of H-pyrrole nitrogens is 1. The molecule has 0 radical (unpaired) electrons. The van der Waals surface area contributed by atoms with Crippen LogP contribution in [0.25, 0.3) is 22.4 Å². The first-order chi connectivity index (χ1) is 11.6. The standard InChI is InChI=1S/C17H21N5OS/c1-4-7-22(14(23)8-11(2)3)17-21-13(9-24-17)15-12-5-6-18-16(12)20-10-19-15/h5-6,9-11H,4,7-8H2,1-3H3,(H,18,19,20). The van der Waals surface area contributed by atoms with Gasteiger partial charge in [0.25, 0.3) is 0 Å². The number of carbonyl (C=O) groups is 1. The zero-order valence-electron chi connectivity index (χ0n) is 14.1. The second kappa shape index (κ2) is 7.09. The van der Waals surface area contributed by atoms with Gasteiger partial charge in [-0.05, 0) is 18.4 Å². The molecule has 126 valence electrons. The summed E-state index contributed by atoms with van der Waals surface area (Å²) in [5.41, 5.74) is 2.35. The van der Waals surface area contributed by atoms with Gasteiger partial charge in [0.15, 0.2) is 5.13 Å². The van der Waals surface area contributed by atoms with E-state index in [1.165, 1.54) is 17.7 Å². The van der Waals surface area contributed by atoms with Gasteiger partial charge in [0.05, 0.1) is 0 Å². The number of aromatic amines is 1. The van der Waals surface area contributed by atoms with Gasteiger partial charge in [-0.3, -0.25) is 9.69 Å². The molecule has 7 heteroatoms. The monoisotopic (exact) mass is 343 g/mol. The number of hydrogen-bond donors (Lipinski definition) is 1. The molecule has 0 unspecified atom stereocenters. The lowest BCUT2D eigenvalue weighted by Crippen LogP contribution is -2.32. The SMILES string of the molecule is CCCN(C(=O)CC(C)C)c1nc(-c2ncnc3[nH]ccc23)cs1. The van der Waals surface area contributed by atoms with Crippen molar-refractivity contribution in [2.75, 3.05) is 11.4 Å². The molecule has 3 aromatic heterocycles. The third-order valence-electron chi connectivity index (χ3n) is 3.65. The Morgan fingerprint density at radius 3 is 2.96 bits per heavy atom. The van der Waals surface area contributed by atoms with Crippen LogP contribution in [0.5, 0.6) is 0 Å². The summed E-state index contributed by atoms with van der Waals surface area (Å²) in [6.45, 7) is 6.86. The van der Waals surface area contributed by atoms with Crippen LogP contribution >= 0.6 is 11.3 Å². The van der Waals surface area contributed by atoms with Gasteiger partial charge in [0, 0.05) is 29.9 Å². The van der Waals surface area contributed by atoms with Crippen LogP contribution in [0.15, 0.2) is 24.0 Å². The van der Waals surface area contributed by atoms with Gasteiger partial charge >= 0.3 is 0 Å². The number of thiazole rings is 1. The van der Waals surface area contributed by atoms with Crippen molar-refractivity contribution in [3.63, 3.8) is 0 Å². The molecule has 0 aliphatic heterocycles. The number of fused-ring (bicyclic) bond motifs is 1. The number of nitrogens with zero attached hydrogens (tertiary/aromatic N) is 4. The largest absolute Gasteiger partial charge is 0.346 e. The Hall–Kier alpha value is -2.28. The molecule has 0 saturated heterocycles. The molecule has 0 atom stereocenters. The van der Waals surface area contributed by atoms with Gasteiger partial charge in [-0.15, -0.1) is 11.3 Å². The average Bonchev–Trinajstić information content (AvgIpc) is 3.20. The van der Waals surface area contributed by atoms with E-state index in [4.69, 9.17) is 0 Å². The second-order valence-electron chi connectivity index (χ2n) is 6.12. The number of aromatic nitrogens is 4. The summed E-state index contributed by atoms with van der Waals surface area (Å²) >= 11 is 1.48. The molecule has 3 rings (SSSR count). The quantitative estimate of drug-likeness (QED) is 0.737. The highest BCUT2D eigenvalue weighted by Gasteiger charge is 2.20. The van der Waals surface area contributed by atoms with E-state index in [9.17, 15) is 4.79 Å². The maximum atomic E-state index is 12.5. The summed E-state index contributed by atoms with van der Waals surface area (Å²) in [4.78, 5) is 30.6. The Balaban J connectivity index is 1.93. The number of nitrogens with one attached hydrogen (secondary N) is 1. The molecule has 0 aliphatic carbocycles. The third kappa shape index (κ3) is 3.31. The zero-order chi connectivity index (χ0) is 17.1. The lowest BCUT2D eigenvalue weighted by atomic mass is 10.1. The molecule has 6 nitrogen and oxygen atoms in total. The fourth-order valence-corrected chi connectivity index (χ4v) is 3.44. The lowest BCUT2D eigenvalue weighted by Gasteiger charge is -2.20. The molecule has 0 aromatic carbocycles. The Kier molecular flexibility index (Phi) is 4.89. The maximum Gasteiger partial charge on any atom is 0.229 e. The van der Waals surface area contributed by atoms with Crippen molar-refractivity contribution in [2.45, 2.75) is 33.6 Å². The highest BCUT2D eigenvalue weighted by molar-refractivity contribution is 7.14. The molecule has 1 N–H and O–H groups in total. The van der Waals surface area contributed by atoms with E-state index in [1.807, 2.05) is 17.6 Å². The van der Waals surface area contributed by atoms with Crippen molar-refractivity contribution in [1.29, 1.82) is 0 Å². The van der Waals surface area contributed by atoms with Crippen molar-refractivity contribution in [3.05, 3.63) is 24.0 Å². The summed E-state index contributed by atoms with van der Waals surface area (Å²) in [6.07, 6.45) is 4.80.